The number of carboxylic acid groups (broad SMARTS) is 1. The minimum atomic E-state index is -1.38. The molecular formula is C20H35N7O7. The Morgan fingerprint density at radius 1 is 0.971 bits per heavy atom. The Morgan fingerprint density at radius 2 is 1.65 bits per heavy atom. The molecule has 5 amide bonds. The van der Waals surface area contributed by atoms with Gasteiger partial charge in [0.05, 0.1) is 12.5 Å². The zero-order valence-corrected chi connectivity index (χ0v) is 19.0. The summed E-state index contributed by atoms with van der Waals surface area (Å²) in [6, 6.07) is -4.64. The molecule has 11 N–H and O–H groups in total. The van der Waals surface area contributed by atoms with Crippen molar-refractivity contribution in [3.8, 4) is 0 Å². The highest BCUT2D eigenvalue weighted by Crippen LogP contribution is 2.20. The topological polar surface area (TPSA) is 254 Å². The summed E-state index contributed by atoms with van der Waals surface area (Å²) in [4.78, 5) is 73.4. The van der Waals surface area contributed by atoms with Crippen molar-refractivity contribution in [3.63, 3.8) is 0 Å². The molecule has 14 nitrogen and oxygen atoms in total. The predicted molar refractivity (Wildman–Crippen MR) is 119 cm³/mol. The molecule has 1 heterocycles. The lowest BCUT2D eigenvalue weighted by Crippen LogP contribution is -2.57. The molecular weight excluding hydrogens is 450 g/mol. The van der Waals surface area contributed by atoms with Gasteiger partial charge in [0.25, 0.3) is 0 Å². The number of primary amides is 2. The van der Waals surface area contributed by atoms with E-state index in [1.165, 1.54) is 4.90 Å². The number of hydrogen-bond donors (Lipinski definition) is 7. The first-order valence-electron chi connectivity index (χ1n) is 11.1. The average molecular weight is 486 g/mol. The Hall–Kier alpha value is -3.26. The Morgan fingerprint density at radius 3 is 2.21 bits per heavy atom. The van der Waals surface area contributed by atoms with E-state index in [9.17, 15) is 33.9 Å². The van der Waals surface area contributed by atoms with Gasteiger partial charge in [0, 0.05) is 13.0 Å². The molecule has 0 aliphatic carbocycles. The lowest BCUT2D eigenvalue weighted by atomic mass is 10.1. The lowest BCUT2D eigenvalue weighted by molar-refractivity contribution is -0.145. The van der Waals surface area contributed by atoms with Gasteiger partial charge in [0.15, 0.2) is 0 Å². The molecule has 0 spiro atoms. The number of nitrogens with one attached hydrogen (secondary N) is 2. The van der Waals surface area contributed by atoms with Gasteiger partial charge in [-0.1, -0.05) is 0 Å². The molecule has 1 rings (SSSR count). The van der Waals surface area contributed by atoms with Crippen LogP contribution < -0.4 is 33.6 Å². The van der Waals surface area contributed by atoms with Crippen molar-refractivity contribution < 1.29 is 33.9 Å². The smallest absolute Gasteiger partial charge is 0.326 e. The Labute approximate surface area is 197 Å². The van der Waals surface area contributed by atoms with E-state index in [4.69, 9.17) is 22.9 Å². The van der Waals surface area contributed by atoms with Crippen LogP contribution in [0.15, 0.2) is 0 Å². The molecule has 4 atom stereocenters. The van der Waals surface area contributed by atoms with Crippen molar-refractivity contribution >= 4 is 35.5 Å². The van der Waals surface area contributed by atoms with Gasteiger partial charge >= 0.3 is 5.97 Å². The second kappa shape index (κ2) is 14.1. The summed E-state index contributed by atoms with van der Waals surface area (Å²) in [5.74, 6) is -4.87. The lowest BCUT2D eigenvalue weighted by Gasteiger charge is -2.29. The summed E-state index contributed by atoms with van der Waals surface area (Å²) in [5.41, 5.74) is 21.4. The molecule has 0 aromatic rings. The fourth-order valence-electron chi connectivity index (χ4n) is 3.63. The minimum absolute atomic E-state index is 0.0614. The van der Waals surface area contributed by atoms with Crippen molar-refractivity contribution in [1.82, 2.24) is 15.5 Å². The highest BCUT2D eigenvalue weighted by Gasteiger charge is 2.39. The number of hydrogen-bond acceptors (Lipinski definition) is 8. The number of carboxylic acids is 1. The summed E-state index contributed by atoms with van der Waals surface area (Å²) in [6.45, 7) is 0.561. The molecule has 1 aliphatic rings. The van der Waals surface area contributed by atoms with Crippen LogP contribution in [-0.4, -0.2) is 82.8 Å². The summed E-state index contributed by atoms with van der Waals surface area (Å²) in [5, 5.41) is 14.2. The first-order valence-corrected chi connectivity index (χ1v) is 11.1. The zero-order valence-electron chi connectivity index (χ0n) is 19.0. The number of rotatable bonds is 15. The highest BCUT2D eigenvalue weighted by atomic mass is 16.4. The summed E-state index contributed by atoms with van der Waals surface area (Å²) >= 11 is 0. The van der Waals surface area contributed by atoms with Crippen molar-refractivity contribution in [2.45, 2.75) is 75.5 Å². The molecule has 1 saturated heterocycles. The van der Waals surface area contributed by atoms with Crippen LogP contribution in [0.25, 0.3) is 0 Å². The third-order valence-corrected chi connectivity index (χ3v) is 5.46. The van der Waals surface area contributed by atoms with Crippen molar-refractivity contribution in [1.29, 1.82) is 0 Å². The van der Waals surface area contributed by atoms with Gasteiger partial charge in [-0.3, -0.25) is 24.0 Å². The maximum atomic E-state index is 13.1. The molecule has 0 saturated carbocycles. The van der Waals surface area contributed by atoms with Crippen LogP contribution in [0.2, 0.25) is 0 Å². The molecule has 1 aliphatic heterocycles. The highest BCUT2D eigenvalue weighted by molar-refractivity contribution is 5.96. The van der Waals surface area contributed by atoms with E-state index >= 15 is 0 Å². The molecule has 4 unspecified atom stereocenters. The largest absolute Gasteiger partial charge is 0.480 e. The quantitative estimate of drug-likeness (QED) is 0.114. The van der Waals surface area contributed by atoms with Gasteiger partial charge in [0.2, 0.25) is 29.5 Å². The molecule has 0 bridgehead atoms. The molecule has 34 heavy (non-hydrogen) atoms. The third kappa shape index (κ3) is 9.31. The molecule has 0 radical (unpaired) electrons. The summed E-state index contributed by atoms with van der Waals surface area (Å²) in [7, 11) is 0. The maximum absolute atomic E-state index is 13.1. The van der Waals surface area contributed by atoms with E-state index in [0.29, 0.717) is 25.8 Å². The van der Waals surface area contributed by atoms with Crippen molar-refractivity contribution in [3.05, 3.63) is 0 Å². The van der Waals surface area contributed by atoms with Crippen LogP contribution in [-0.2, 0) is 28.8 Å². The van der Waals surface area contributed by atoms with Crippen LogP contribution in [0.1, 0.15) is 51.4 Å². The Bertz CT molecular complexity index is 776. The van der Waals surface area contributed by atoms with E-state index in [1.807, 2.05) is 0 Å². The number of unbranched alkanes of at least 4 members (excludes halogenated alkanes) is 1. The number of amides is 5. The third-order valence-electron chi connectivity index (χ3n) is 5.46. The fourth-order valence-corrected chi connectivity index (χ4v) is 3.63. The Kier molecular flexibility index (Phi) is 11.9. The van der Waals surface area contributed by atoms with Crippen LogP contribution in [0, 0.1) is 0 Å². The number of carbonyl (C=O) groups is 6. The monoisotopic (exact) mass is 485 g/mol. The number of likely N-dealkylation sites (tertiary alicyclic amines) is 1. The number of aliphatic carboxylic acids is 1. The van der Waals surface area contributed by atoms with E-state index in [2.05, 4.69) is 10.6 Å². The van der Waals surface area contributed by atoms with E-state index in [-0.39, 0.29) is 32.2 Å². The standard InChI is InChI=1S/C20H35N7O7/c21-8-2-1-4-12(20(33)34)25-18(31)14-5-3-9-27(14)19(32)13(10-16(24)29)26-17(30)11(22)6-7-15(23)28/h11-14H,1-10,21-22H2,(H2,23,28)(H2,24,29)(H,25,31)(H,26,30)(H,33,34). The molecule has 0 aromatic heterocycles. The minimum Gasteiger partial charge on any atom is -0.480 e. The maximum Gasteiger partial charge on any atom is 0.326 e. The number of nitrogens with zero attached hydrogens (tertiary/aromatic N) is 1. The van der Waals surface area contributed by atoms with Crippen LogP contribution in [0.5, 0.6) is 0 Å². The van der Waals surface area contributed by atoms with Gasteiger partial charge < -0.3 is 43.6 Å². The van der Waals surface area contributed by atoms with Gasteiger partial charge in [-0.05, 0) is 45.1 Å². The molecule has 0 aromatic carbocycles. The zero-order chi connectivity index (χ0) is 25.8. The van der Waals surface area contributed by atoms with E-state index in [0.717, 1.165) is 0 Å². The molecule has 1 fully saturated rings. The van der Waals surface area contributed by atoms with Crippen molar-refractivity contribution in [2.75, 3.05) is 13.1 Å². The summed E-state index contributed by atoms with van der Waals surface area (Å²) < 4.78 is 0. The van der Waals surface area contributed by atoms with Gasteiger partial charge in [-0.2, -0.15) is 0 Å². The van der Waals surface area contributed by atoms with Crippen molar-refractivity contribution in [2.24, 2.45) is 22.9 Å². The first-order chi connectivity index (χ1) is 16.0. The fraction of sp³-hybridized carbons (Fsp3) is 0.700. The van der Waals surface area contributed by atoms with Crippen LogP contribution >= 0.6 is 0 Å². The first kappa shape index (κ1) is 28.8. The van der Waals surface area contributed by atoms with E-state index < -0.39 is 66.1 Å². The molecule has 14 heteroatoms. The van der Waals surface area contributed by atoms with Gasteiger partial charge in [-0.15, -0.1) is 0 Å². The van der Waals surface area contributed by atoms with Gasteiger partial charge in [0.1, 0.15) is 18.1 Å². The number of carbonyl (C=O) groups excluding carboxylic acids is 5. The normalized spacial score (nSPS) is 17.9. The van der Waals surface area contributed by atoms with E-state index in [1.54, 1.807) is 0 Å². The average Bonchev–Trinajstić information content (AvgIpc) is 3.25. The SMILES string of the molecule is NCCCCC(NC(=O)C1CCCN1C(=O)C(CC(N)=O)NC(=O)C(N)CCC(N)=O)C(=O)O. The predicted octanol–water partition coefficient (Wildman–Crippen LogP) is -3.37. The van der Waals surface area contributed by atoms with Crippen LogP contribution in [0.4, 0.5) is 0 Å². The Balaban J connectivity index is 2.90. The number of nitrogens with two attached hydrogens (primary N) is 4. The summed E-state index contributed by atoms with van der Waals surface area (Å²) in [6.07, 6.45) is 1.29. The van der Waals surface area contributed by atoms with Crippen LogP contribution in [0.3, 0.4) is 0 Å². The van der Waals surface area contributed by atoms with Gasteiger partial charge in [-0.25, -0.2) is 4.79 Å². The molecule has 192 valence electrons. The second-order valence-electron chi connectivity index (χ2n) is 8.22. The second-order valence-corrected chi connectivity index (χ2v) is 8.22.